The number of hydrogen-bond donors (Lipinski definition) is 1. The van der Waals surface area contributed by atoms with Crippen molar-refractivity contribution in [1.29, 1.82) is 0 Å². The van der Waals surface area contributed by atoms with Crippen LogP contribution in [0.25, 0.3) is 0 Å². The first-order valence-electron chi connectivity index (χ1n) is 7.04. The average molecular weight is 280 g/mol. The molecule has 20 heavy (non-hydrogen) atoms. The highest BCUT2D eigenvalue weighted by molar-refractivity contribution is 5.74. The summed E-state index contributed by atoms with van der Waals surface area (Å²) in [6.07, 6.45) is 1.19. The Labute approximate surface area is 118 Å². The van der Waals surface area contributed by atoms with Crippen LogP contribution in [0.15, 0.2) is 30.3 Å². The minimum atomic E-state index is -0.403. The van der Waals surface area contributed by atoms with E-state index in [0.717, 1.165) is 6.42 Å². The lowest BCUT2D eigenvalue weighted by molar-refractivity contribution is -0.0132. The second-order valence-corrected chi connectivity index (χ2v) is 4.90. The Kier molecular flexibility index (Phi) is 5.80. The lowest BCUT2D eigenvalue weighted by Crippen LogP contribution is -2.50. The van der Waals surface area contributed by atoms with Crippen molar-refractivity contribution in [2.24, 2.45) is 0 Å². The molecule has 1 atom stereocenters. The zero-order chi connectivity index (χ0) is 14.2. The van der Waals surface area contributed by atoms with Gasteiger partial charge in [-0.1, -0.05) is 30.3 Å². The van der Waals surface area contributed by atoms with Gasteiger partial charge in [0.05, 0.1) is 19.4 Å². The minimum absolute atomic E-state index is 0.0260. The first-order chi connectivity index (χ1) is 9.79. The van der Waals surface area contributed by atoms with E-state index in [1.807, 2.05) is 18.2 Å². The van der Waals surface area contributed by atoms with Crippen LogP contribution in [-0.2, 0) is 11.2 Å². The van der Waals surface area contributed by atoms with Crippen LogP contribution in [0.5, 0.6) is 0 Å². The van der Waals surface area contributed by atoms with Crippen LogP contribution >= 0.6 is 0 Å². The molecule has 1 aromatic rings. The number of rotatable bonds is 5. The first-order valence-corrected chi connectivity index (χ1v) is 7.04. The van der Waals surface area contributed by atoms with E-state index in [4.69, 9.17) is 4.74 Å². The van der Waals surface area contributed by atoms with Gasteiger partial charge < -0.3 is 15.0 Å². The molecule has 1 fully saturated rings. The van der Waals surface area contributed by atoms with Gasteiger partial charge in [-0.15, -0.1) is 0 Å². The van der Waals surface area contributed by atoms with E-state index >= 15 is 0 Å². The molecule has 1 heterocycles. The van der Waals surface area contributed by atoms with E-state index in [1.54, 1.807) is 4.90 Å². The number of benzene rings is 1. The summed E-state index contributed by atoms with van der Waals surface area (Å²) < 4.78 is 17.7. The molecule has 1 aromatic carbocycles. The molecule has 0 saturated carbocycles. The van der Waals surface area contributed by atoms with E-state index in [1.165, 1.54) is 5.56 Å². The summed E-state index contributed by atoms with van der Waals surface area (Å²) in [7, 11) is 0. The third-order valence-electron chi connectivity index (χ3n) is 3.32. The zero-order valence-electron chi connectivity index (χ0n) is 11.6. The molecule has 0 aromatic heterocycles. The van der Waals surface area contributed by atoms with Gasteiger partial charge in [-0.25, -0.2) is 4.79 Å². The summed E-state index contributed by atoms with van der Waals surface area (Å²) in [6.45, 7) is 1.70. The topological polar surface area (TPSA) is 41.6 Å². The van der Waals surface area contributed by atoms with Crippen molar-refractivity contribution >= 4 is 6.03 Å². The van der Waals surface area contributed by atoms with Gasteiger partial charge in [-0.2, -0.15) is 0 Å². The second kappa shape index (κ2) is 7.85. The van der Waals surface area contributed by atoms with Gasteiger partial charge in [0.1, 0.15) is 0 Å². The van der Waals surface area contributed by atoms with Crippen LogP contribution in [-0.4, -0.2) is 50.0 Å². The molecule has 0 unspecified atom stereocenters. The maximum absolute atomic E-state index is 12.0. The number of hydrogen-bond acceptors (Lipinski definition) is 2. The fourth-order valence-electron chi connectivity index (χ4n) is 2.28. The van der Waals surface area contributed by atoms with Crippen LogP contribution in [0.4, 0.5) is 9.18 Å². The number of alkyl halides is 1. The van der Waals surface area contributed by atoms with Crippen LogP contribution in [0, 0.1) is 0 Å². The summed E-state index contributed by atoms with van der Waals surface area (Å²) in [5.41, 5.74) is 1.21. The predicted octanol–water partition coefficient (Wildman–Crippen LogP) is 2.00. The van der Waals surface area contributed by atoms with Crippen molar-refractivity contribution in [1.82, 2.24) is 10.2 Å². The van der Waals surface area contributed by atoms with Gasteiger partial charge in [-0.3, -0.25) is 4.39 Å². The molecule has 4 nitrogen and oxygen atoms in total. The SMILES string of the molecule is O=C(NCCCF)N1CCO[C@@H](Cc2ccccc2)C1. The van der Waals surface area contributed by atoms with Crippen molar-refractivity contribution in [2.75, 3.05) is 32.9 Å². The van der Waals surface area contributed by atoms with Gasteiger partial charge in [0.15, 0.2) is 0 Å². The number of morpholine rings is 1. The van der Waals surface area contributed by atoms with Gasteiger partial charge >= 0.3 is 6.03 Å². The van der Waals surface area contributed by atoms with E-state index in [2.05, 4.69) is 17.4 Å². The summed E-state index contributed by atoms with van der Waals surface area (Å²) in [6, 6.07) is 9.97. The number of nitrogens with zero attached hydrogens (tertiary/aromatic N) is 1. The molecular formula is C15H21FN2O2. The number of urea groups is 1. The summed E-state index contributed by atoms with van der Waals surface area (Å²) in [5.74, 6) is 0. The summed E-state index contributed by atoms with van der Waals surface area (Å²) in [5, 5.41) is 2.73. The number of amides is 2. The highest BCUT2D eigenvalue weighted by Crippen LogP contribution is 2.11. The van der Waals surface area contributed by atoms with Crippen LogP contribution in [0.1, 0.15) is 12.0 Å². The Balaban J connectivity index is 1.80. The van der Waals surface area contributed by atoms with Crippen molar-refractivity contribution in [3.8, 4) is 0 Å². The summed E-state index contributed by atoms with van der Waals surface area (Å²) in [4.78, 5) is 13.7. The molecule has 0 spiro atoms. The number of nitrogens with one attached hydrogen (secondary N) is 1. The largest absolute Gasteiger partial charge is 0.374 e. The molecule has 0 bridgehead atoms. The molecule has 110 valence electrons. The lowest BCUT2D eigenvalue weighted by Gasteiger charge is -2.33. The molecular weight excluding hydrogens is 259 g/mol. The molecule has 0 aliphatic carbocycles. The van der Waals surface area contributed by atoms with Gasteiger partial charge in [-0.05, 0) is 12.0 Å². The van der Waals surface area contributed by atoms with Crippen molar-refractivity contribution in [3.63, 3.8) is 0 Å². The monoisotopic (exact) mass is 280 g/mol. The minimum Gasteiger partial charge on any atom is -0.374 e. The Morgan fingerprint density at radius 1 is 1.40 bits per heavy atom. The van der Waals surface area contributed by atoms with Crippen molar-refractivity contribution in [2.45, 2.75) is 18.9 Å². The number of ether oxygens (including phenoxy) is 1. The Morgan fingerprint density at radius 2 is 2.20 bits per heavy atom. The van der Waals surface area contributed by atoms with E-state index in [0.29, 0.717) is 32.7 Å². The maximum Gasteiger partial charge on any atom is 0.317 e. The van der Waals surface area contributed by atoms with Gasteiger partial charge in [0.25, 0.3) is 0 Å². The predicted molar refractivity (Wildman–Crippen MR) is 75.4 cm³/mol. The number of carbonyl (C=O) groups is 1. The number of carbonyl (C=O) groups excluding carboxylic acids is 1. The van der Waals surface area contributed by atoms with Crippen molar-refractivity contribution in [3.05, 3.63) is 35.9 Å². The van der Waals surface area contributed by atoms with Gasteiger partial charge in [0.2, 0.25) is 0 Å². The molecule has 1 aliphatic heterocycles. The first kappa shape index (κ1) is 14.8. The van der Waals surface area contributed by atoms with Crippen LogP contribution in [0.2, 0.25) is 0 Å². The highest BCUT2D eigenvalue weighted by Gasteiger charge is 2.24. The third kappa shape index (κ3) is 4.49. The molecule has 1 saturated heterocycles. The fourth-order valence-corrected chi connectivity index (χ4v) is 2.28. The third-order valence-corrected chi connectivity index (χ3v) is 3.32. The quantitative estimate of drug-likeness (QED) is 0.838. The second-order valence-electron chi connectivity index (χ2n) is 4.90. The molecule has 2 rings (SSSR count). The van der Waals surface area contributed by atoms with Crippen LogP contribution in [0.3, 0.4) is 0 Å². The lowest BCUT2D eigenvalue weighted by atomic mass is 10.1. The Morgan fingerprint density at radius 3 is 2.95 bits per heavy atom. The van der Waals surface area contributed by atoms with E-state index < -0.39 is 6.67 Å². The smallest absolute Gasteiger partial charge is 0.317 e. The molecule has 1 aliphatic rings. The fraction of sp³-hybridized carbons (Fsp3) is 0.533. The van der Waals surface area contributed by atoms with Crippen molar-refractivity contribution < 1.29 is 13.9 Å². The maximum atomic E-state index is 12.0. The molecule has 1 N–H and O–H groups in total. The molecule has 0 radical (unpaired) electrons. The van der Waals surface area contributed by atoms with E-state index in [9.17, 15) is 9.18 Å². The molecule has 2 amide bonds. The average Bonchev–Trinajstić information content (AvgIpc) is 2.49. The molecule has 5 heteroatoms. The summed E-state index contributed by atoms with van der Waals surface area (Å²) >= 11 is 0. The van der Waals surface area contributed by atoms with Crippen LogP contribution < -0.4 is 5.32 Å². The standard InChI is InChI=1S/C15H21FN2O2/c16-7-4-8-17-15(19)18-9-10-20-14(12-18)11-13-5-2-1-3-6-13/h1-3,5-6,14H,4,7-12H2,(H,17,19)/t14-/m0/s1. The number of halogens is 1. The Hall–Kier alpha value is -1.62. The van der Waals surface area contributed by atoms with Gasteiger partial charge in [0, 0.05) is 26.1 Å². The Bertz CT molecular complexity index is 414. The highest BCUT2D eigenvalue weighted by atomic mass is 19.1. The zero-order valence-corrected chi connectivity index (χ0v) is 11.6. The van der Waals surface area contributed by atoms with E-state index in [-0.39, 0.29) is 12.1 Å². The normalized spacial score (nSPS) is 18.9.